The number of ether oxygens (including phenoxy) is 1. The molecule has 3 N–H and O–H groups in total. The number of esters is 1. The zero-order valence-corrected chi connectivity index (χ0v) is 45.1. The first-order chi connectivity index (χ1) is 33.0. The van der Waals surface area contributed by atoms with Crippen LogP contribution in [0.5, 0.6) is 0 Å². The Labute approximate surface area is 418 Å². The number of hydrogen-bond donors (Lipinski definition) is 3. The summed E-state index contributed by atoms with van der Waals surface area (Å²) in [6, 6.07) is -0.641. The van der Waals surface area contributed by atoms with Gasteiger partial charge in [0.05, 0.1) is 25.4 Å². The molecule has 2 unspecified atom stereocenters. The van der Waals surface area contributed by atoms with Crippen LogP contribution in [0, 0.1) is 0 Å². The Morgan fingerprint density at radius 1 is 0.403 bits per heavy atom. The standard InChI is InChI=1S/C61H117NO5/c1-3-5-7-9-11-13-15-16-17-18-19-20-21-22-23-24-27-30-34-37-41-45-49-53-59(64)58(57-63)62-60(65)54-50-46-42-38-35-31-28-25-26-29-32-36-40-44-48-52-56-67-61(66)55-51-47-43-39-33-14-12-10-8-6-4-2/h25,28,49,53,58-59,63-64H,3-24,26-27,29-48,50-52,54-57H2,1-2H3,(H,62,65)/b28-25-,53-49+. The number of carbonyl (C=O) groups is 2. The number of aliphatic hydroxyl groups excluding tert-OH is 2. The Bertz CT molecular complexity index is 1040. The molecule has 0 fully saturated rings. The van der Waals surface area contributed by atoms with E-state index >= 15 is 0 Å². The first kappa shape index (κ1) is 65.3. The van der Waals surface area contributed by atoms with Crippen molar-refractivity contribution in [1.29, 1.82) is 0 Å². The lowest BCUT2D eigenvalue weighted by Gasteiger charge is -2.20. The van der Waals surface area contributed by atoms with Gasteiger partial charge in [0, 0.05) is 12.8 Å². The number of unbranched alkanes of at least 4 members (excludes halogenated alkanes) is 43. The second-order valence-corrected chi connectivity index (χ2v) is 20.7. The molecule has 1 amide bonds. The summed E-state index contributed by atoms with van der Waals surface area (Å²) in [4.78, 5) is 24.5. The molecule has 0 spiro atoms. The van der Waals surface area contributed by atoms with E-state index in [1.807, 2.05) is 6.08 Å². The molecule has 0 aromatic carbocycles. The number of aliphatic hydroxyl groups is 2. The van der Waals surface area contributed by atoms with E-state index in [4.69, 9.17) is 4.74 Å². The Balaban J connectivity index is 3.50. The molecule has 0 bridgehead atoms. The minimum absolute atomic E-state index is 0.00371. The van der Waals surface area contributed by atoms with Crippen molar-refractivity contribution in [3.05, 3.63) is 24.3 Å². The molecule has 0 aliphatic heterocycles. The molecular formula is C61H117NO5. The summed E-state index contributed by atoms with van der Waals surface area (Å²) in [5, 5.41) is 23.2. The molecule has 0 aliphatic rings. The van der Waals surface area contributed by atoms with Crippen LogP contribution in [-0.2, 0) is 14.3 Å². The van der Waals surface area contributed by atoms with E-state index in [1.165, 1.54) is 238 Å². The summed E-state index contributed by atoms with van der Waals surface area (Å²) in [6.07, 6.45) is 69.2. The van der Waals surface area contributed by atoms with Crippen LogP contribution < -0.4 is 5.32 Å². The quantitative estimate of drug-likeness (QED) is 0.0321. The zero-order valence-electron chi connectivity index (χ0n) is 45.1. The maximum absolute atomic E-state index is 12.5. The van der Waals surface area contributed by atoms with Crippen LogP contribution in [0.3, 0.4) is 0 Å². The van der Waals surface area contributed by atoms with Gasteiger partial charge in [-0.05, 0) is 57.8 Å². The maximum Gasteiger partial charge on any atom is 0.305 e. The molecule has 2 atom stereocenters. The van der Waals surface area contributed by atoms with Gasteiger partial charge in [-0.25, -0.2) is 0 Å². The number of allylic oxidation sites excluding steroid dienone is 3. The van der Waals surface area contributed by atoms with Crippen molar-refractivity contribution in [3.8, 4) is 0 Å². The second-order valence-electron chi connectivity index (χ2n) is 20.7. The third kappa shape index (κ3) is 53.5. The van der Waals surface area contributed by atoms with Gasteiger partial charge < -0.3 is 20.3 Å². The molecule has 6 nitrogen and oxygen atoms in total. The highest BCUT2D eigenvalue weighted by molar-refractivity contribution is 5.76. The first-order valence-corrected chi connectivity index (χ1v) is 30.1. The minimum atomic E-state index is -0.856. The second kappa shape index (κ2) is 56.9. The summed E-state index contributed by atoms with van der Waals surface area (Å²) < 4.78 is 5.45. The van der Waals surface area contributed by atoms with E-state index in [0.717, 1.165) is 64.2 Å². The molecule has 0 aromatic rings. The van der Waals surface area contributed by atoms with Crippen LogP contribution in [0.4, 0.5) is 0 Å². The average molecular weight is 945 g/mol. The fourth-order valence-electron chi connectivity index (χ4n) is 9.34. The van der Waals surface area contributed by atoms with Gasteiger partial charge in [0.25, 0.3) is 0 Å². The van der Waals surface area contributed by atoms with Crippen LogP contribution in [0.1, 0.15) is 328 Å². The number of carbonyl (C=O) groups excluding carboxylic acids is 2. The largest absolute Gasteiger partial charge is 0.466 e. The van der Waals surface area contributed by atoms with E-state index in [9.17, 15) is 19.8 Å². The summed E-state index contributed by atoms with van der Waals surface area (Å²) in [6.45, 7) is 4.90. The van der Waals surface area contributed by atoms with E-state index in [1.54, 1.807) is 6.08 Å². The lowest BCUT2D eigenvalue weighted by Crippen LogP contribution is -2.45. The zero-order chi connectivity index (χ0) is 48.6. The highest BCUT2D eigenvalue weighted by Gasteiger charge is 2.18. The van der Waals surface area contributed by atoms with Gasteiger partial charge in [-0.1, -0.05) is 282 Å². The molecule has 0 saturated carbocycles. The van der Waals surface area contributed by atoms with Gasteiger partial charge >= 0.3 is 5.97 Å². The molecule has 0 rings (SSSR count). The fourth-order valence-corrected chi connectivity index (χ4v) is 9.34. The van der Waals surface area contributed by atoms with E-state index < -0.39 is 12.1 Å². The highest BCUT2D eigenvalue weighted by Crippen LogP contribution is 2.17. The van der Waals surface area contributed by atoms with E-state index in [-0.39, 0.29) is 18.5 Å². The van der Waals surface area contributed by atoms with Gasteiger partial charge in [-0.15, -0.1) is 0 Å². The fraction of sp³-hybridized carbons (Fsp3) is 0.902. The van der Waals surface area contributed by atoms with Crippen LogP contribution >= 0.6 is 0 Å². The van der Waals surface area contributed by atoms with Crippen molar-refractivity contribution >= 4 is 11.9 Å². The van der Waals surface area contributed by atoms with Crippen LogP contribution in [0.25, 0.3) is 0 Å². The SMILES string of the molecule is CCCCCCCCCCCCCCCCCCCCCCC/C=C/C(O)C(CO)NC(=O)CCCCCCC/C=C\CCCCCCCCCOC(=O)CCCCCCCCCCCCC. The minimum Gasteiger partial charge on any atom is -0.466 e. The lowest BCUT2D eigenvalue weighted by molar-refractivity contribution is -0.143. The summed E-state index contributed by atoms with van der Waals surface area (Å²) >= 11 is 0. The van der Waals surface area contributed by atoms with Crippen molar-refractivity contribution in [1.82, 2.24) is 5.32 Å². The van der Waals surface area contributed by atoms with Gasteiger partial charge in [0.2, 0.25) is 5.91 Å². The van der Waals surface area contributed by atoms with Crippen molar-refractivity contribution in [2.45, 2.75) is 341 Å². The predicted molar refractivity (Wildman–Crippen MR) is 292 cm³/mol. The molecule has 67 heavy (non-hydrogen) atoms. The normalized spacial score (nSPS) is 12.7. The highest BCUT2D eigenvalue weighted by atomic mass is 16.5. The molecule has 6 heteroatoms. The van der Waals surface area contributed by atoms with Crippen LogP contribution in [0.2, 0.25) is 0 Å². The Kier molecular flexibility index (Phi) is 55.5. The molecular weight excluding hydrogens is 827 g/mol. The third-order valence-electron chi connectivity index (χ3n) is 14.0. The Morgan fingerprint density at radius 3 is 1.06 bits per heavy atom. The predicted octanol–water partition coefficient (Wildman–Crippen LogP) is 18.6. The molecule has 0 aliphatic carbocycles. The van der Waals surface area contributed by atoms with Crippen molar-refractivity contribution < 1.29 is 24.5 Å². The van der Waals surface area contributed by atoms with E-state index in [2.05, 4.69) is 31.3 Å². The summed E-state index contributed by atoms with van der Waals surface area (Å²) in [7, 11) is 0. The monoisotopic (exact) mass is 944 g/mol. The third-order valence-corrected chi connectivity index (χ3v) is 14.0. The van der Waals surface area contributed by atoms with Gasteiger partial charge in [-0.2, -0.15) is 0 Å². The molecule has 0 aromatic heterocycles. The van der Waals surface area contributed by atoms with Gasteiger partial charge in [0.15, 0.2) is 0 Å². The molecule has 0 radical (unpaired) electrons. The topological polar surface area (TPSA) is 95.9 Å². The summed E-state index contributed by atoms with van der Waals surface area (Å²) in [5.41, 5.74) is 0. The molecule has 0 saturated heterocycles. The Morgan fingerprint density at radius 2 is 0.701 bits per heavy atom. The van der Waals surface area contributed by atoms with Crippen molar-refractivity contribution in [2.75, 3.05) is 13.2 Å². The van der Waals surface area contributed by atoms with E-state index in [0.29, 0.717) is 19.4 Å². The average Bonchev–Trinajstić information content (AvgIpc) is 3.33. The Hall–Kier alpha value is -1.66. The molecule has 396 valence electrons. The van der Waals surface area contributed by atoms with Crippen molar-refractivity contribution in [2.24, 2.45) is 0 Å². The number of hydrogen-bond acceptors (Lipinski definition) is 5. The lowest BCUT2D eigenvalue weighted by atomic mass is 10.0. The van der Waals surface area contributed by atoms with Crippen LogP contribution in [-0.4, -0.2) is 47.4 Å². The summed E-state index contributed by atoms with van der Waals surface area (Å²) in [5.74, 6) is -0.0857. The maximum atomic E-state index is 12.5. The van der Waals surface area contributed by atoms with Crippen LogP contribution in [0.15, 0.2) is 24.3 Å². The number of amides is 1. The first-order valence-electron chi connectivity index (χ1n) is 30.1. The number of rotatable bonds is 56. The van der Waals surface area contributed by atoms with Gasteiger partial charge in [0.1, 0.15) is 0 Å². The van der Waals surface area contributed by atoms with Crippen molar-refractivity contribution in [3.63, 3.8) is 0 Å². The smallest absolute Gasteiger partial charge is 0.305 e. The number of nitrogens with one attached hydrogen (secondary N) is 1. The molecule has 0 heterocycles. The van der Waals surface area contributed by atoms with Gasteiger partial charge in [-0.3, -0.25) is 9.59 Å².